The first-order chi connectivity index (χ1) is 14.2. The molecule has 1 heterocycles. The lowest BCUT2D eigenvalue weighted by Crippen LogP contribution is -2.51. The van der Waals surface area contributed by atoms with Crippen molar-refractivity contribution in [1.82, 2.24) is 10.2 Å². The molecule has 1 atom stereocenters. The maximum Gasteiger partial charge on any atom is 0.247 e. The molecule has 29 heavy (non-hydrogen) atoms. The molecule has 4 rings (SSSR count). The summed E-state index contributed by atoms with van der Waals surface area (Å²) in [6.45, 7) is 0.675. The highest BCUT2D eigenvalue weighted by Gasteiger charge is 2.28. The van der Waals surface area contributed by atoms with Gasteiger partial charge in [0.2, 0.25) is 11.8 Å². The summed E-state index contributed by atoms with van der Waals surface area (Å²) in [6, 6.07) is 20.9. The van der Waals surface area contributed by atoms with E-state index in [4.69, 9.17) is 0 Å². The third-order valence-electron chi connectivity index (χ3n) is 5.49. The molecule has 0 bridgehead atoms. The molecular formula is C24H24N2O3. The molecule has 2 amide bonds. The minimum Gasteiger partial charge on any atom is -0.394 e. The van der Waals surface area contributed by atoms with Crippen molar-refractivity contribution in [3.05, 3.63) is 83.4 Å². The molecule has 5 nitrogen and oxygen atoms in total. The topological polar surface area (TPSA) is 69.6 Å². The second-order valence-electron chi connectivity index (χ2n) is 7.40. The van der Waals surface area contributed by atoms with E-state index < -0.39 is 12.6 Å². The average molecular weight is 388 g/mol. The van der Waals surface area contributed by atoms with Crippen LogP contribution < -0.4 is 5.32 Å². The number of carbonyl (C=O) groups excluding carboxylic acids is 2. The number of aliphatic hydroxyl groups is 1. The van der Waals surface area contributed by atoms with Gasteiger partial charge in [-0.15, -0.1) is 0 Å². The number of hydrogen-bond donors (Lipinski definition) is 2. The Labute approximate surface area is 170 Å². The minimum absolute atomic E-state index is 0.161. The second kappa shape index (κ2) is 8.45. The lowest BCUT2D eigenvalue weighted by Gasteiger charge is -2.31. The predicted octanol–water partition coefficient (Wildman–Crippen LogP) is 2.44. The van der Waals surface area contributed by atoms with Crippen molar-refractivity contribution in [1.29, 1.82) is 0 Å². The van der Waals surface area contributed by atoms with Gasteiger partial charge in [-0.25, -0.2) is 0 Å². The van der Waals surface area contributed by atoms with Crippen LogP contribution in [0.25, 0.3) is 10.8 Å². The fourth-order valence-corrected chi connectivity index (χ4v) is 3.95. The molecule has 0 unspecified atom stereocenters. The van der Waals surface area contributed by atoms with Crippen molar-refractivity contribution in [3.63, 3.8) is 0 Å². The Morgan fingerprint density at radius 2 is 1.69 bits per heavy atom. The van der Waals surface area contributed by atoms with Crippen molar-refractivity contribution in [2.75, 3.05) is 13.2 Å². The smallest absolute Gasteiger partial charge is 0.247 e. The number of nitrogens with zero attached hydrogens (tertiary/aromatic N) is 1. The van der Waals surface area contributed by atoms with Gasteiger partial charge >= 0.3 is 0 Å². The van der Waals surface area contributed by atoms with E-state index >= 15 is 0 Å². The van der Waals surface area contributed by atoms with Gasteiger partial charge in [-0.1, -0.05) is 66.7 Å². The van der Waals surface area contributed by atoms with Gasteiger partial charge < -0.3 is 15.3 Å². The van der Waals surface area contributed by atoms with Crippen LogP contribution in [0.15, 0.2) is 66.7 Å². The zero-order valence-electron chi connectivity index (χ0n) is 16.2. The lowest BCUT2D eigenvalue weighted by molar-refractivity contribution is -0.138. The zero-order valence-corrected chi connectivity index (χ0v) is 16.2. The summed E-state index contributed by atoms with van der Waals surface area (Å²) in [7, 11) is 0. The van der Waals surface area contributed by atoms with Crippen LogP contribution in [0, 0.1) is 0 Å². The number of benzene rings is 3. The summed E-state index contributed by atoms with van der Waals surface area (Å²) >= 11 is 0. The quantitative estimate of drug-likeness (QED) is 0.705. The van der Waals surface area contributed by atoms with Gasteiger partial charge in [0.25, 0.3) is 0 Å². The highest BCUT2D eigenvalue weighted by molar-refractivity contribution is 5.92. The third-order valence-corrected chi connectivity index (χ3v) is 5.49. The summed E-state index contributed by atoms with van der Waals surface area (Å²) in [4.78, 5) is 27.2. The highest BCUT2D eigenvalue weighted by Crippen LogP contribution is 2.20. The predicted molar refractivity (Wildman–Crippen MR) is 112 cm³/mol. The van der Waals surface area contributed by atoms with Crippen molar-refractivity contribution >= 4 is 22.6 Å². The number of rotatable bonds is 5. The van der Waals surface area contributed by atoms with Gasteiger partial charge in [0.1, 0.15) is 6.04 Å². The molecule has 1 aliphatic rings. The van der Waals surface area contributed by atoms with Crippen LogP contribution in [0.3, 0.4) is 0 Å². The first-order valence-corrected chi connectivity index (χ1v) is 9.88. The first kappa shape index (κ1) is 19.2. The fraction of sp³-hybridized carbons (Fsp3) is 0.250. The van der Waals surface area contributed by atoms with Crippen LogP contribution in [-0.4, -0.2) is 41.0 Å². The Kier molecular flexibility index (Phi) is 5.58. The van der Waals surface area contributed by atoms with Crippen molar-refractivity contribution < 1.29 is 14.7 Å². The molecule has 0 radical (unpaired) electrons. The van der Waals surface area contributed by atoms with E-state index in [1.54, 1.807) is 4.90 Å². The molecule has 0 aliphatic carbocycles. The molecule has 0 saturated carbocycles. The molecule has 0 saturated heterocycles. The molecule has 3 aromatic carbocycles. The third kappa shape index (κ3) is 4.15. The van der Waals surface area contributed by atoms with Crippen molar-refractivity contribution in [2.45, 2.75) is 25.4 Å². The Hall–Kier alpha value is -3.18. The fourth-order valence-electron chi connectivity index (χ4n) is 3.95. The van der Waals surface area contributed by atoms with Crippen LogP contribution in [-0.2, 0) is 29.0 Å². The number of carbonyl (C=O) groups is 2. The summed E-state index contributed by atoms with van der Waals surface area (Å²) in [5, 5.41) is 14.6. The van der Waals surface area contributed by atoms with Gasteiger partial charge in [-0.05, 0) is 33.9 Å². The largest absolute Gasteiger partial charge is 0.394 e. The molecular weight excluding hydrogens is 364 g/mol. The molecule has 0 spiro atoms. The molecule has 0 fully saturated rings. The summed E-state index contributed by atoms with van der Waals surface area (Å²) in [6.07, 6.45) is 0.942. The summed E-state index contributed by atoms with van der Waals surface area (Å²) in [5.41, 5.74) is 3.26. The second-order valence-corrected chi connectivity index (χ2v) is 7.40. The molecule has 3 aromatic rings. The van der Waals surface area contributed by atoms with E-state index in [0.29, 0.717) is 13.1 Å². The maximum atomic E-state index is 12.9. The van der Waals surface area contributed by atoms with Gasteiger partial charge in [0.15, 0.2) is 0 Å². The van der Waals surface area contributed by atoms with Gasteiger partial charge in [0.05, 0.1) is 13.0 Å². The number of hydrogen-bond acceptors (Lipinski definition) is 3. The molecule has 0 aromatic heterocycles. The van der Waals surface area contributed by atoms with Crippen LogP contribution in [0.1, 0.15) is 16.7 Å². The van der Waals surface area contributed by atoms with E-state index in [0.717, 1.165) is 28.3 Å². The lowest BCUT2D eigenvalue weighted by atomic mass is 9.99. The molecule has 1 aliphatic heterocycles. The number of aliphatic hydroxyl groups excluding tert-OH is 1. The monoisotopic (exact) mass is 388 g/mol. The Morgan fingerprint density at radius 1 is 0.966 bits per heavy atom. The van der Waals surface area contributed by atoms with Gasteiger partial charge in [0, 0.05) is 13.1 Å². The van der Waals surface area contributed by atoms with Gasteiger partial charge in [-0.3, -0.25) is 9.59 Å². The standard InChI is InChI=1S/C24H24N2O3/c27-16-22(24(29)26-13-12-17-6-1-2-8-20(17)15-26)25-23(28)14-19-10-5-9-18-7-3-4-11-21(18)19/h1-11,22,27H,12-16H2,(H,25,28)/t22-/m0/s1. The number of nitrogens with one attached hydrogen (secondary N) is 1. The van der Waals surface area contributed by atoms with Crippen molar-refractivity contribution in [2.24, 2.45) is 0 Å². The maximum absolute atomic E-state index is 12.9. The van der Waals surface area contributed by atoms with E-state index in [9.17, 15) is 14.7 Å². The normalized spacial score (nSPS) is 14.3. The minimum atomic E-state index is -0.928. The Bertz CT molecular complexity index is 1040. The van der Waals surface area contributed by atoms with Crippen LogP contribution in [0.2, 0.25) is 0 Å². The highest BCUT2D eigenvalue weighted by atomic mass is 16.3. The van der Waals surface area contributed by atoms with Crippen molar-refractivity contribution in [3.8, 4) is 0 Å². The summed E-state index contributed by atoms with van der Waals surface area (Å²) < 4.78 is 0. The molecule has 2 N–H and O–H groups in total. The number of amides is 2. The van der Waals surface area contributed by atoms with E-state index in [1.807, 2.05) is 60.7 Å². The van der Waals surface area contributed by atoms with E-state index in [2.05, 4.69) is 11.4 Å². The van der Waals surface area contributed by atoms with Crippen LogP contribution >= 0.6 is 0 Å². The average Bonchev–Trinajstić information content (AvgIpc) is 2.77. The summed E-state index contributed by atoms with van der Waals surface area (Å²) in [5.74, 6) is -0.514. The molecule has 5 heteroatoms. The number of fused-ring (bicyclic) bond motifs is 2. The van der Waals surface area contributed by atoms with Crippen LogP contribution in [0.4, 0.5) is 0 Å². The first-order valence-electron chi connectivity index (χ1n) is 9.88. The van der Waals surface area contributed by atoms with Crippen LogP contribution in [0.5, 0.6) is 0 Å². The van der Waals surface area contributed by atoms with E-state index in [1.165, 1.54) is 5.56 Å². The zero-order chi connectivity index (χ0) is 20.2. The van der Waals surface area contributed by atoms with E-state index in [-0.39, 0.29) is 18.2 Å². The Balaban J connectivity index is 1.43. The SMILES string of the molecule is O=C(Cc1cccc2ccccc12)N[C@@H](CO)C(=O)N1CCc2ccccc2C1. The molecule has 148 valence electrons. The van der Waals surface area contributed by atoms with Gasteiger partial charge in [-0.2, -0.15) is 0 Å². The Morgan fingerprint density at radius 3 is 2.52 bits per heavy atom.